The van der Waals surface area contributed by atoms with Crippen molar-refractivity contribution in [1.29, 1.82) is 0 Å². The van der Waals surface area contributed by atoms with E-state index in [4.69, 9.17) is 4.74 Å². The van der Waals surface area contributed by atoms with Gasteiger partial charge in [-0.05, 0) is 76.2 Å². The molecule has 0 radical (unpaired) electrons. The van der Waals surface area contributed by atoms with E-state index in [-0.39, 0.29) is 5.60 Å². The number of hydrogen-bond donors (Lipinski definition) is 1. The summed E-state index contributed by atoms with van der Waals surface area (Å²) in [6.07, 6.45) is 4.70. The van der Waals surface area contributed by atoms with Gasteiger partial charge in [0.2, 0.25) is 0 Å². The normalized spacial score (nSPS) is 20.0. The minimum atomic E-state index is 0.0987. The number of ether oxygens (including phenoxy) is 1. The molecule has 5 heteroatoms. The van der Waals surface area contributed by atoms with E-state index < -0.39 is 0 Å². The van der Waals surface area contributed by atoms with Gasteiger partial charge in [-0.1, -0.05) is 0 Å². The SMILES string of the molecule is CNC(CC1(OC)CCC1)c1cc(Br)sc1Br. The average molecular weight is 383 g/mol. The molecule has 1 aliphatic carbocycles. The Morgan fingerprint density at radius 2 is 2.24 bits per heavy atom. The average Bonchev–Trinajstić information content (AvgIpc) is 2.58. The Morgan fingerprint density at radius 3 is 2.59 bits per heavy atom. The monoisotopic (exact) mass is 381 g/mol. The number of methoxy groups -OCH3 is 1. The molecule has 1 saturated carbocycles. The van der Waals surface area contributed by atoms with Crippen LogP contribution < -0.4 is 5.32 Å². The predicted octanol–water partition coefficient (Wildman–Crippen LogP) is 4.49. The largest absolute Gasteiger partial charge is 0.378 e. The third-order valence-corrected chi connectivity index (χ3v) is 6.07. The van der Waals surface area contributed by atoms with Gasteiger partial charge < -0.3 is 10.1 Å². The maximum Gasteiger partial charge on any atom is 0.0758 e. The summed E-state index contributed by atoms with van der Waals surface area (Å²) in [5.41, 5.74) is 1.43. The Labute approximate surface area is 123 Å². The third-order valence-electron chi connectivity index (χ3n) is 3.68. The summed E-state index contributed by atoms with van der Waals surface area (Å²) in [7, 11) is 3.86. The lowest BCUT2D eigenvalue weighted by Gasteiger charge is -2.42. The van der Waals surface area contributed by atoms with Crippen LogP contribution in [0.1, 0.15) is 37.3 Å². The topological polar surface area (TPSA) is 21.3 Å². The molecule has 1 fully saturated rings. The van der Waals surface area contributed by atoms with E-state index in [0.29, 0.717) is 6.04 Å². The fourth-order valence-electron chi connectivity index (χ4n) is 2.39. The van der Waals surface area contributed by atoms with Crippen molar-refractivity contribution in [3.63, 3.8) is 0 Å². The molecule has 1 heterocycles. The Morgan fingerprint density at radius 1 is 1.53 bits per heavy atom. The van der Waals surface area contributed by atoms with Gasteiger partial charge in [0.25, 0.3) is 0 Å². The zero-order valence-corrected chi connectivity index (χ0v) is 14.0. The van der Waals surface area contributed by atoms with Gasteiger partial charge in [-0.15, -0.1) is 11.3 Å². The fourth-order valence-corrected chi connectivity index (χ4v) is 5.37. The highest BCUT2D eigenvalue weighted by Crippen LogP contribution is 2.44. The summed E-state index contributed by atoms with van der Waals surface area (Å²) in [4.78, 5) is 0. The molecule has 17 heavy (non-hydrogen) atoms. The second-order valence-electron chi connectivity index (χ2n) is 4.57. The van der Waals surface area contributed by atoms with Crippen LogP contribution in [0.5, 0.6) is 0 Å². The molecule has 0 saturated heterocycles. The number of hydrogen-bond acceptors (Lipinski definition) is 3. The highest BCUT2D eigenvalue weighted by Gasteiger charge is 2.39. The lowest BCUT2D eigenvalue weighted by Crippen LogP contribution is -2.42. The summed E-state index contributed by atoms with van der Waals surface area (Å²) in [5.74, 6) is 0. The lowest BCUT2D eigenvalue weighted by molar-refractivity contribution is -0.0834. The van der Waals surface area contributed by atoms with Crippen LogP contribution in [0.2, 0.25) is 0 Å². The van der Waals surface area contributed by atoms with Gasteiger partial charge >= 0.3 is 0 Å². The van der Waals surface area contributed by atoms with Crippen molar-refractivity contribution in [2.24, 2.45) is 0 Å². The van der Waals surface area contributed by atoms with Crippen LogP contribution in [0, 0.1) is 0 Å². The van der Waals surface area contributed by atoms with Gasteiger partial charge in [-0.3, -0.25) is 0 Å². The first kappa shape index (κ1) is 14.0. The smallest absolute Gasteiger partial charge is 0.0758 e. The summed E-state index contributed by atoms with van der Waals surface area (Å²) in [5, 5.41) is 3.41. The summed E-state index contributed by atoms with van der Waals surface area (Å²) in [6.45, 7) is 0. The van der Waals surface area contributed by atoms with Crippen LogP contribution in [-0.4, -0.2) is 19.8 Å². The summed E-state index contributed by atoms with van der Waals surface area (Å²) in [6, 6.07) is 2.55. The molecule has 1 N–H and O–H groups in total. The number of nitrogens with one attached hydrogen (secondary N) is 1. The second kappa shape index (κ2) is 5.70. The first-order valence-electron chi connectivity index (χ1n) is 5.77. The molecule has 1 aromatic rings. The van der Waals surface area contributed by atoms with Crippen LogP contribution >= 0.6 is 43.2 Å². The van der Waals surface area contributed by atoms with Crippen LogP contribution in [0.3, 0.4) is 0 Å². The number of halogens is 2. The molecule has 1 atom stereocenters. The van der Waals surface area contributed by atoms with Crippen molar-refractivity contribution in [1.82, 2.24) is 5.32 Å². The van der Waals surface area contributed by atoms with E-state index in [1.54, 1.807) is 11.3 Å². The molecule has 2 rings (SSSR count). The van der Waals surface area contributed by atoms with Gasteiger partial charge in [0.15, 0.2) is 0 Å². The summed E-state index contributed by atoms with van der Waals surface area (Å²) < 4.78 is 8.08. The standard InChI is InChI=1S/C12H17Br2NOS/c1-15-9(7-12(16-2)4-3-5-12)8-6-10(13)17-11(8)14/h6,9,15H,3-5,7H2,1-2H3. The van der Waals surface area contributed by atoms with E-state index in [0.717, 1.165) is 6.42 Å². The van der Waals surface area contributed by atoms with E-state index in [9.17, 15) is 0 Å². The third kappa shape index (κ3) is 2.95. The van der Waals surface area contributed by atoms with Crippen LogP contribution in [0.25, 0.3) is 0 Å². The Bertz CT molecular complexity index is 384. The Kier molecular flexibility index (Phi) is 4.69. The van der Waals surface area contributed by atoms with Gasteiger partial charge in [0.05, 0.1) is 13.2 Å². The zero-order chi connectivity index (χ0) is 12.5. The van der Waals surface area contributed by atoms with Crippen molar-refractivity contribution in [2.45, 2.75) is 37.3 Å². The van der Waals surface area contributed by atoms with Crippen molar-refractivity contribution >= 4 is 43.2 Å². The predicted molar refractivity (Wildman–Crippen MR) is 79.7 cm³/mol. The van der Waals surface area contributed by atoms with Crippen molar-refractivity contribution in [3.05, 3.63) is 19.2 Å². The first-order chi connectivity index (χ1) is 8.10. The van der Waals surface area contributed by atoms with E-state index in [1.165, 1.54) is 32.4 Å². The maximum atomic E-state index is 5.71. The van der Waals surface area contributed by atoms with Crippen molar-refractivity contribution < 1.29 is 4.74 Å². The quantitative estimate of drug-likeness (QED) is 0.809. The molecule has 0 bridgehead atoms. The summed E-state index contributed by atoms with van der Waals surface area (Å²) >= 11 is 8.90. The van der Waals surface area contributed by atoms with Crippen LogP contribution in [0.15, 0.2) is 13.6 Å². The Balaban J connectivity index is 2.13. The highest BCUT2D eigenvalue weighted by molar-refractivity contribution is 9.12. The van der Waals surface area contributed by atoms with Gasteiger partial charge in [0, 0.05) is 13.2 Å². The molecule has 96 valence electrons. The lowest BCUT2D eigenvalue weighted by atomic mass is 9.75. The fraction of sp³-hybridized carbons (Fsp3) is 0.667. The van der Waals surface area contributed by atoms with E-state index in [1.807, 2.05) is 14.2 Å². The van der Waals surface area contributed by atoms with Gasteiger partial charge in [-0.25, -0.2) is 0 Å². The van der Waals surface area contributed by atoms with Gasteiger partial charge in [-0.2, -0.15) is 0 Å². The minimum absolute atomic E-state index is 0.0987. The van der Waals surface area contributed by atoms with E-state index in [2.05, 4.69) is 43.2 Å². The molecule has 1 aliphatic rings. The van der Waals surface area contributed by atoms with Crippen LogP contribution in [0.4, 0.5) is 0 Å². The first-order valence-corrected chi connectivity index (χ1v) is 8.17. The number of thiophene rings is 1. The molecular formula is C12H17Br2NOS. The Hall–Kier alpha value is 0.580. The molecule has 0 aromatic carbocycles. The van der Waals surface area contributed by atoms with Crippen LogP contribution in [-0.2, 0) is 4.74 Å². The van der Waals surface area contributed by atoms with Gasteiger partial charge in [0.1, 0.15) is 0 Å². The molecule has 1 unspecified atom stereocenters. The van der Waals surface area contributed by atoms with E-state index >= 15 is 0 Å². The minimum Gasteiger partial charge on any atom is -0.378 e. The zero-order valence-electron chi connectivity index (χ0n) is 10.1. The molecule has 0 spiro atoms. The number of rotatable bonds is 5. The molecular weight excluding hydrogens is 366 g/mol. The second-order valence-corrected chi connectivity index (χ2v) is 8.31. The maximum absolute atomic E-state index is 5.71. The molecule has 1 aromatic heterocycles. The molecule has 2 nitrogen and oxygen atoms in total. The molecule has 0 aliphatic heterocycles. The van der Waals surface area contributed by atoms with Crippen molar-refractivity contribution in [3.8, 4) is 0 Å². The molecule has 0 amide bonds. The van der Waals surface area contributed by atoms with Crippen molar-refractivity contribution in [2.75, 3.05) is 14.2 Å². The highest BCUT2D eigenvalue weighted by atomic mass is 79.9.